The molecule has 14 heavy (non-hydrogen) atoms. The van der Waals surface area contributed by atoms with Gasteiger partial charge in [-0.1, -0.05) is 0 Å². The fourth-order valence-electron chi connectivity index (χ4n) is 1.74. The molecule has 0 aromatic rings. The molecule has 1 heterocycles. The highest BCUT2D eigenvalue weighted by Gasteiger charge is 2.35. The summed E-state index contributed by atoms with van der Waals surface area (Å²) in [6.45, 7) is 2.58. The van der Waals surface area contributed by atoms with Crippen LogP contribution in [0, 0.1) is 0 Å². The van der Waals surface area contributed by atoms with Crippen molar-refractivity contribution in [1.29, 1.82) is 0 Å². The Kier molecular flexibility index (Phi) is 3.86. The summed E-state index contributed by atoms with van der Waals surface area (Å²) in [6.07, 6.45) is -0.154. The highest BCUT2D eigenvalue weighted by atomic mass is 16.4. The summed E-state index contributed by atoms with van der Waals surface area (Å²) in [7, 11) is 0. The third-order valence-electron chi connectivity index (χ3n) is 2.50. The molecular formula is C9H17NO4. The second-order valence-corrected chi connectivity index (χ2v) is 3.88. The van der Waals surface area contributed by atoms with Crippen LogP contribution in [0.1, 0.15) is 19.8 Å². The van der Waals surface area contributed by atoms with Crippen LogP contribution in [0.5, 0.6) is 0 Å². The van der Waals surface area contributed by atoms with E-state index in [9.17, 15) is 9.90 Å². The van der Waals surface area contributed by atoms with Gasteiger partial charge in [0.15, 0.2) is 0 Å². The van der Waals surface area contributed by atoms with Crippen LogP contribution in [0.2, 0.25) is 0 Å². The molecule has 0 saturated carbocycles. The van der Waals surface area contributed by atoms with Gasteiger partial charge in [-0.3, -0.25) is 9.69 Å². The first-order valence-electron chi connectivity index (χ1n) is 4.83. The normalized spacial score (nSPS) is 30.5. The van der Waals surface area contributed by atoms with E-state index in [2.05, 4.69) is 0 Å². The average Bonchev–Trinajstić information content (AvgIpc) is 2.43. The topological polar surface area (TPSA) is 81.0 Å². The third-order valence-corrected chi connectivity index (χ3v) is 2.50. The fourth-order valence-corrected chi connectivity index (χ4v) is 1.74. The van der Waals surface area contributed by atoms with E-state index < -0.39 is 24.2 Å². The predicted octanol–water partition coefficient (Wildman–Crippen LogP) is -0.723. The number of carbonyl (C=O) groups is 1. The molecule has 1 rings (SSSR count). The van der Waals surface area contributed by atoms with Crippen LogP contribution < -0.4 is 0 Å². The Balaban J connectivity index is 2.45. The molecule has 5 nitrogen and oxygen atoms in total. The Hall–Kier alpha value is -0.650. The standard InChI is InChI=1S/C9H17NO4/c1-6(11)2-3-10-5-7(12)4-8(10)9(13)14/h6-8,11-12H,2-5H2,1H3,(H,13,14). The van der Waals surface area contributed by atoms with Crippen molar-refractivity contribution in [3.8, 4) is 0 Å². The Morgan fingerprint density at radius 2 is 2.29 bits per heavy atom. The predicted molar refractivity (Wildman–Crippen MR) is 49.9 cm³/mol. The molecule has 0 spiro atoms. The van der Waals surface area contributed by atoms with Gasteiger partial charge in [0.2, 0.25) is 0 Å². The van der Waals surface area contributed by atoms with Crippen LogP contribution in [0.25, 0.3) is 0 Å². The van der Waals surface area contributed by atoms with E-state index in [4.69, 9.17) is 10.2 Å². The fraction of sp³-hybridized carbons (Fsp3) is 0.889. The minimum absolute atomic E-state index is 0.287. The molecule has 3 unspecified atom stereocenters. The summed E-state index contributed by atoms with van der Waals surface area (Å²) in [5, 5.41) is 27.2. The number of aliphatic carboxylic acids is 1. The smallest absolute Gasteiger partial charge is 0.321 e. The van der Waals surface area contributed by atoms with E-state index in [-0.39, 0.29) is 6.42 Å². The Bertz CT molecular complexity index is 207. The summed E-state index contributed by atoms with van der Waals surface area (Å²) < 4.78 is 0. The Morgan fingerprint density at radius 1 is 1.64 bits per heavy atom. The molecule has 1 saturated heterocycles. The number of carboxylic acids is 1. The maximum absolute atomic E-state index is 10.8. The first kappa shape index (κ1) is 11.4. The quantitative estimate of drug-likeness (QED) is 0.561. The van der Waals surface area contributed by atoms with Gasteiger partial charge in [-0.05, 0) is 13.3 Å². The van der Waals surface area contributed by atoms with Gasteiger partial charge in [0.25, 0.3) is 0 Å². The van der Waals surface area contributed by atoms with E-state index in [1.807, 2.05) is 0 Å². The minimum Gasteiger partial charge on any atom is -0.480 e. The average molecular weight is 203 g/mol. The lowest BCUT2D eigenvalue weighted by molar-refractivity contribution is -0.142. The summed E-state index contributed by atoms with van der Waals surface area (Å²) in [5.74, 6) is -0.896. The maximum Gasteiger partial charge on any atom is 0.321 e. The highest BCUT2D eigenvalue weighted by Crippen LogP contribution is 2.18. The van der Waals surface area contributed by atoms with Gasteiger partial charge in [-0.25, -0.2) is 0 Å². The molecule has 3 N–H and O–H groups in total. The van der Waals surface area contributed by atoms with Crippen molar-refractivity contribution >= 4 is 5.97 Å². The van der Waals surface area contributed by atoms with Gasteiger partial charge in [0.1, 0.15) is 6.04 Å². The molecule has 0 aromatic carbocycles. The zero-order valence-electron chi connectivity index (χ0n) is 8.26. The van der Waals surface area contributed by atoms with Gasteiger partial charge in [-0.2, -0.15) is 0 Å². The number of hydrogen-bond acceptors (Lipinski definition) is 4. The summed E-state index contributed by atoms with van der Waals surface area (Å²) in [5.41, 5.74) is 0. The summed E-state index contributed by atoms with van der Waals surface area (Å²) >= 11 is 0. The molecule has 1 fully saturated rings. The SMILES string of the molecule is CC(O)CCN1CC(O)CC1C(=O)O. The van der Waals surface area contributed by atoms with Crippen molar-refractivity contribution in [2.45, 2.75) is 38.0 Å². The van der Waals surface area contributed by atoms with Gasteiger partial charge < -0.3 is 15.3 Å². The lowest BCUT2D eigenvalue weighted by Crippen LogP contribution is -2.37. The van der Waals surface area contributed by atoms with E-state index >= 15 is 0 Å². The monoisotopic (exact) mass is 203 g/mol. The maximum atomic E-state index is 10.8. The van der Waals surface area contributed by atoms with Crippen LogP contribution in [0.15, 0.2) is 0 Å². The highest BCUT2D eigenvalue weighted by molar-refractivity contribution is 5.74. The number of carboxylic acid groups (broad SMARTS) is 1. The minimum atomic E-state index is -0.896. The molecule has 0 amide bonds. The molecule has 5 heteroatoms. The molecule has 0 bridgehead atoms. The van der Waals surface area contributed by atoms with Crippen LogP contribution in [0.3, 0.4) is 0 Å². The van der Waals surface area contributed by atoms with Crippen LogP contribution in [0.4, 0.5) is 0 Å². The van der Waals surface area contributed by atoms with Gasteiger partial charge >= 0.3 is 5.97 Å². The van der Waals surface area contributed by atoms with Crippen molar-refractivity contribution in [2.75, 3.05) is 13.1 Å². The number of aliphatic hydroxyl groups excluding tert-OH is 2. The van der Waals surface area contributed by atoms with E-state index in [1.54, 1.807) is 11.8 Å². The third kappa shape index (κ3) is 2.94. The van der Waals surface area contributed by atoms with Crippen molar-refractivity contribution in [3.05, 3.63) is 0 Å². The summed E-state index contributed by atoms with van der Waals surface area (Å²) in [6, 6.07) is -0.594. The number of nitrogens with zero attached hydrogens (tertiary/aromatic N) is 1. The van der Waals surface area contributed by atoms with Crippen LogP contribution in [-0.2, 0) is 4.79 Å². The van der Waals surface area contributed by atoms with Gasteiger partial charge in [0.05, 0.1) is 12.2 Å². The number of likely N-dealkylation sites (tertiary alicyclic amines) is 1. The first-order valence-corrected chi connectivity index (χ1v) is 4.83. The second kappa shape index (κ2) is 4.72. The molecule has 1 aliphatic heterocycles. The molecule has 3 atom stereocenters. The van der Waals surface area contributed by atoms with Crippen molar-refractivity contribution in [2.24, 2.45) is 0 Å². The van der Waals surface area contributed by atoms with E-state index in [1.165, 1.54) is 0 Å². The molecule has 82 valence electrons. The Morgan fingerprint density at radius 3 is 2.79 bits per heavy atom. The molecule has 0 aliphatic carbocycles. The van der Waals surface area contributed by atoms with Crippen molar-refractivity contribution < 1.29 is 20.1 Å². The van der Waals surface area contributed by atoms with E-state index in [0.717, 1.165) is 0 Å². The van der Waals surface area contributed by atoms with Gasteiger partial charge in [0, 0.05) is 19.5 Å². The summed E-state index contributed by atoms with van der Waals surface area (Å²) in [4.78, 5) is 12.5. The zero-order chi connectivity index (χ0) is 10.7. The number of hydrogen-bond donors (Lipinski definition) is 3. The van der Waals surface area contributed by atoms with Gasteiger partial charge in [-0.15, -0.1) is 0 Å². The second-order valence-electron chi connectivity index (χ2n) is 3.88. The zero-order valence-corrected chi connectivity index (χ0v) is 8.26. The molecule has 0 aromatic heterocycles. The number of β-amino-alcohol motifs (C(OH)–C–C–N with tert-alkyl or cyclic N) is 1. The lowest BCUT2D eigenvalue weighted by Gasteiger charge is -2.21. The van der Waals surface area contributed by atoms with Crippen LogP contribution in [-0.4, -0.2) is 57.5 Å². The number of rotatable bonds is 4. The van der Waals surface area contributed by atoms with Crippen LogP contribution >= 0.6 is 0 Å². The molecule has 1 aliphatic rings. The Labute approximate surface area is 83.0 Å². The largest absolute Gasteiger partial charge is 0.480 e. The lowest BCUT2D eigenvalue weighted by atomic mass is 10.2. The molecular weight excluding hydrogens is 186 g/mol. The molecule has 0 radical (unpaired) electrons. The first-order chi connectivity index (χ1) is 6.50. The van der Waals surface area contributed by atoms with E-state index in [0.29, 0.717) is 19.5 Å². The van der Waals surface area contributed by atoms with Crippen molar-refractivity contribution in [1.82, 2.24) is 4.90 Å². The number of aliphatic hydroxyl groups is 2. The van der Waals surface area contributed by atoms with Crippen molar-refractivity contribution in [3.63, 3.8) is 0 Å².